The van der Waals surface area contributed by atoms with Gasteiger partial charge in [-0.05, 0) is 37.1 Å². The molecule has 0 bridgehead atoms. The molecular formula is C11H15ClO2. The van der Waals surface area contributed by atoms with Crippen molar-refractivity contribution in [3.8, 4) is 5.75 Å². The third-order valence-electron chi connectivity index (χ3n) is 2.20. The highest BCUT2D eigenvalue weighted by atomic mass is 35.5. The minimum Gasteiger partial charge on any atom is -0.496 e. The molecule has 1 N–H and O–H groups in total. The van der Waals surface area contributed by atoms with Gasteiger partial charge in [-0.3, -0.25) is 0 Å². The molecule has 0 aliphatic rings. The molecule has 0 aliphatic carbocycles. The summed E-state index contributed by atoms with van der Waals surface area (Å²) in [6, 6.07) is 5.56. The van der Waals surface area contributed by atoms with Gasteiger partial charge in [0.2, 0.25) is 0 Å². The molecule has 2 nitrogen and oxygen atoms in total. The van der Waals surface area contributed by atoms with Crippen molar-refractivity contribution in [1.29, 1.82) is 0 Å². The van der Waals surface area contributed by atoms with E-state index in [0.717, 1.165) is 16.9 Å². The molecule has 3 heteroatoms. The first-order valence-electron chi connectivity index (χ1n) is 4.53. The van der Waals surface area contributed by atoms with Gasteiger partial charge in [0.15, 0.2) is 0 Å². The Bertz CT molecular complexity index is 310. The van der Waals surface area contributed by atoms with Crippen molar-refractivity contribution in [3.05, 3.63) is 29.3 Å². The Morgan fingerprint density at radius 1 is 1.43 bits per heavy atom. The highest BCUT2D eigenvalue weighted by Gasteiger charge is 2.14. The SMILES string of the molecule is COc1ccc(C(O)C(C)Cl)cc1C. The second-order valence-corrected chi connectivity index (χ2v) is 4.04. The molecule has 0 saturated carbocycles. The van der Waals surface area contributed by atoms with Crippen LogP contribution in [0.15, 0.2) is 18.2 Å². The van der Waals surface area contributed by atoms with E-state index in [4.69, 9.17) is 16.3 Å². The number of benzene rings is 1. The van der Waals surface area contributed by atoms with Gasteiger partial charge in [0.25, 0.3) is 0 Å². The molecule has 0 aromatic heterocycles. The number of aliphatic hydroxyl groups excluding tert-OH is 1. The van der Waals surface area contributed by atoms with E-state index in [1.807, 2.05) is 25.1 Å². The second kappa shape index (κ2) is 4.67. The molecule has 0 radical (unpaired) electrons. The van der Waals surface area contributed by atoms with Gasteiger partial charge in [-0.2, -0.15) is 0 Å². The van der Waals surface area contributed by atoms with E-state index in [0.29, 0.717) is 0 Å². The number of halogens is 1. The standard InChI is InChI=1S/C11H15ClO2/c1-7-6-9(11(13)8(2)12)4-5-10(7)14-3/h4-6,8,11,13H,1-3H3. The van der Waals surface area contributed by atoms with Gasteiger partial charge in [-0.15, -0.1) is 11.6 Å². The Balaban J connectivity index is 2.96. The molecule has 0 fully saturated rings. The zero-order chi connectivity index (χ0) is 10.7. The molecule has 2 unspecified atom stereocenters. The van der Waals surface area contributed by atoms with Crippen molar-refractivity contribution < 1.29 is 9.84 Å². The molecule has 0 saturated heterocycles. The second-order valence-electron chi connectivity index (χ2n) is 3.35. The third-order valence-corrected chi connectivity index (χ3v) is 2.43. The lowest BCUT2D eigenvalue weighted by molar-refractivity contribution is 0.177. The van der Waals surface area contributed by atoms with E-state index in [9.17, 15) is 5.11 Å². The van der Waals surface area contributed by atoms with Gasteiger partial charge in [0.05, 0.1) is 18.6 Å². The van der Waals surface area contributed by atoms with Crippen LogP contribution in [0.5, 0.6) is 5.75 Å². The lowest BCUT2D eigenvalue weighted by atomic mass is 10.0. The minimum atomic E-state index is -0.624. The number of methoxy groups -OCH3 is 1. The number of hydrogen-bond acceptors (Lipinski definition) is 2. The number of ether oxygens (including phenoxy) is 1. The van der Waals surface area contributed by atoms with Crippen LogP contribution in [0.4, 0.5) is 0 Å². The first-order valence-corrected chi connectivity index (χ1v) is 4.96. The zero-order valence-corrected chi connectivity index (χ0v) is 9.38. The molecule has 0 amide bonds. The fraction of sp³-hybridized carbons (Fsp3) is 0.455. The van der Waals surface area contributed by atoms with Crippen molar-refractivity contribution >= 4 is 11.6 Å². The number of alkyl halides is 1. The van der Waals surface area contributed by atoms with Crippen LogP contribution < -0.4 is 4.74 Å². The fourth-order valence-corrected chi connectivity index (χ4v) is 1.50. The highest BCUT2D eigenvalue weighted by Crippen LogP contribution is 2.25. The molecule has 2 atom stereocenters. The first-order chi connectivity index (χ1) is 6.56. The average Bonchev–Trinajstić information content (AvgIpc) is 2.16. The van der Waals surface area contributed by atoms with E-state index in [1.165, 1.54) is 0 Å². The lowest BCUT2D eigenvalue weighted by Gasteiger charge is -2.14. The summed E-state index contributed by atoms with van der Waals surface area (Å²) in [5.74, 6) is 0.822. The van der Waals surface area contributed by atoms with Gasteiger partial charge in [-0.1, -0.05) is 6.07 Å². The van der Waals surface area contributed by atoms with Crippen molar-refractivity contribution in [2.45, 2.75) is 25.3 Å². The molecule has 1 aromatic rings. The maximum Gasteiger partial charge on any atom is 0.121 e. The summed E-state index contributed by atoms with van der Waals surface area (Å²) in [5, 5.41) is 9.42. The maximum atomic E-state index is 9.71. The van der Waals surface area contributed by atoms with Gasteiger partial charge in [0, 0.05) is 0 Å². The Morgan fingerprint density at radius 3 is 2.50 bits per heavy atom. The zero-order valence-electron chi connectivity index (χ0n) is 8.62. The van der Waals surface area contributed by atoms with Crippen LogP contribution in [-0.2, 0) is 0 Å². The van der Waals surface area contributed by atoms with Crippen molar-refractivity contribution in [3.63, 3.8) is 0 Å². The molecule has 14 heavy (non-hydrogen) atoms. The number of hydrogen-bond donors (Lipinski definition) is 1. The molecule has 1 aromatic carbocycles. The quantitative estimate of drug-likeness (QED) is 0.784. The van der Waals surface area contributed by atoms with E-state index in [1.54, 1.807) is 14.0 Å². The largest absolute Gasteiger partial charge is 0.496 e. The monoisotopic (exact) mass is 214 g/mol. The van der Waals surface area contributed by atoms with E-state index in [-0.39, 0.29) is 5.38 Å². The Morgan fingerprint density at radius 2 is 2.07 bits per heavy atom. The number of aryl methyl sites for hydroxylation is 1. The topological polar surface area (TPSA) is 29.5 Å². The molecule has 0 heterocycles. The Labute approximate surface area is 89.5 Å². The van der Waals surface area contributed by atoms with Crippen molar-refractivity contribution in [2.75, 3.05) is 7.11 Å². The molecule has 0 spiro atoms. The molecular weight excluding hydrogens is 200 g/mol. The summed E-state index contributed by atoms with van der Waals surface area (Å²) >= 11 is 5.81. The van der Waals surface area contributed by atoms with Gasteiger partial charge >= 0.3 is 0 Å². The fourth-order valence-electron chi connectivity index (χ4n) is 1.35. The molecule has 78 valence electrons. The summed E-state index contributed by atoms with van der Waals surface area (Å²) in [4.78, 5) is 0. The van der Waals surface area contributed by atoms with Crippen molar-refractivity contribution in [2.24, 2.45) is 0 Å². The Kier molecular flexibility index (Phi) is 3.78. The van der Waals surface area contributed by atoms with Gasteiger partial charge in [0.1, 0.15) is 5.75 Å². The summed E-state index contributed by atoms with van der Waals surface area (Å²) in [5.41, 5.74) is 1.83. The summed E-state index contributed by atoms with van der Waals surface area (Å²) < 4.78 is 5.13. The predicted octanol–water partition coefficient (Wildman–Crippen LogP) is 2.66. The van der Waals surface area contributed by atoms with Crippen LogP contribution in [0.3, 0.4) is 0 Å². The normalized spacial score (nSPS) is 14.9. The first kappa shape index (κ1) is 11.3. The smallest absolute Gasteiger partial charge is 0.121 e. The molecule has 1 rings (SSSR count). The minimum absolute atomic E-state index is 0.289. The summed E-state index contributed by atoms with van der Waals surface area (Å²) in [7, 11) is 1.63. The average molecular weight is 215 g/mol. The maximum absolute atomic E-state index is 9.71. The Hall–Kier alpha value is -0.730. The third kappa shape index (κ3) is 2.40. The van der Waals surface area contributed by atoms with E-state index < -0.39 is 6.10 Å². The van der Waals surface area contributed by atoms with Crippen LogP contribution in [-0.4, -0.2) is 17.6 Å². The summed E-state index contributed by atoms with van der Waals surface area (Å²) in [6.07, 6.45) is -0.624. The number of aliphatic hydroxyl groups is 1. The van der Waals surface area contributed by atoms with Crippen molar-refractivity contribution in [1.82, 2.24) is 0 Å². The van der Waals surface area contributed by atoms with Crippen LogP contribution in [0.2, 0.25) is 0 Å². The molecule has 0 aliphatic heterocycles. The van der Waals surface area contributed by atoms with E-state index in [2.05, 4.69) is 0 Å². The van der Waals surface area contributed by atoms with Gasteiger partial charge < -0.3 is 9.84 Å². The lowest BCUT2D eigenvalue weighted by Crippen LogP contribution is -2.08. The highest BCUT2D eigenvalue weighted by molar-refractivity contribution is 6.20. The van der Waals surface area contributed by atoms with E-state index >= 15 is 0 Å². The predicted molar refractivity (Wildman–Crippen MR) is 58.0 cm³/mol. The van der Waals surface area contributed by atoms with Crippen LogP contribution in [0, 0.1) is 6.92 Å². The summed E-state index contributed by atoms with van der Waals surface area (Å²) in [6.45, 7) is 3.71. The van der Waals surface area contributed by atoms with Crippen LogP contribution >= 0.6 is 11.6 Å². The van der Waals surface area contributed by atoms with Crippen LogP contribution in [0.25, 0.3) is 0 Å². The van der Waals surface area contributed by atoms with Gasteiger partial charge in [-0.25, -0.2) is 0 Å². The van der Waals surface area contributed by atoms with Crippen LogP contribution in [0.1, 0.15) is 24.2 Å². The number of rotatable bonds is 3.